The molecule has 0 N–H and O–H groups in total. The molecule has 1 amide bonds. The molecule has 14 heteroatoms. The number of amides is 1. The maximum Gasteiger partial charge on any atom is 0.355 e. The summed E-state index contributed by atoms with van der Waals surface area (Å²) in [5.41, 5.74) is 0.385. The van der Waals surface area contributed by atoms with E-state index in [0.29, 0.717) is 43.1 Å². The quantitative estimate of drug-likeness (QED) is 0.283. The smallest absolute Gasteiger partial charge is 0.355 e. The van der Waals surface area contributed by atoms with Gasteiger partial charge in [-0.25, -0.2) is 23.1 Å². The predicted molar refractivity (Wildman–Crippen MR) is 182 cm³/mol. The van der Waals surface area contributed by atoms with Gasteiger partial charge in [0.15, 0.2) is 17.8 Å². The number of rotatable bonds is 5. The molecule has 7 rings (SSSR count). The topological polar surface area (TPSA) is 115 Å². The number of likely N-dealkylation sites (N-methyl/N-ethyl adjacent to an activating group) is 1. The number of halogens is 2. The van der Waals surface area contributed by atoms with E-state index in [4.69, 9.17) is 24.2 Å². The number of carbonyl (C=O) groups is 1. The largest absolute Gasteiger partial charge is 0.490 e. The average molecular weight is 688 g/mol. The van der Waals surface area contributed by atoms with Crippen LogP contribution in [0.4, 0.5) is 14.6 Å². The van der Waals surface area contributed by atoms with E-state index >= 15 is 8.78 Å². The first-order valence-electron chi connectivity index (χ1n) is 16.6. The number of carbonyl (C=O) groups excluding carboxylic acids is 1. The number of hydrogen-bond donors (Lipinski definition) is 0. The van der Waals surface area contributed by atoms with Crippen LogP contribution in [0.25, 0.3) is 28.0 Å². The molecule has 4 atom stereocenters. The molecule has 3 aromatic heterocycles. The predicted octanol–water partition coefficient (Wildman–Crippen LogP) is 4.20. The number of benzene rings is 1. The number of hydrogen-bond acceptors (Lipinski definition) is 10. The Morgan fingerprint density at radius 3 is 2.66 bits per heavy atom. The minimum Gasteiger partial charge on any atom is -0.490 e. The highest BCUT2D eigenvalue weighted by Gasteiger charge is 2.41. The van der Waals surface area contributed by atoms with E-state index in [1.165, 1.54) is 28.8 Å². The third-order valence-electron chi connectivity index (χ3n) is 9.34. The Morgan fingerprint density at radius 2 is 1.94 bits per heavy atom. The van der Waals surface area contributed by atoms with Crippen LogP contribution in [0.1, 0.15) is 44.1 Å². The van der Waals surface area contributed by atoms with Crippen LogP contribution in [-0.4, -0.2) is 101 Å². The van der Waals surface area contributed by atoms with Crippen molar-refractivity contribution in [2.45, 2.75) is 51.2 Å². The molecule has 2 fully saturated rings. The standard InChI is InChI=1S/C36H39F2N7O5/c1-7-27(46)43-13-14-44(20(4)16-43)34-22-15-24(38)31-29-23(37)9-8-10-25(29)48-18-26-33(50-28(49-26)17-42(5)6)21-11-12-39-30(19(2)3)32(21)45(35(22)40-31)36(47)41-34/h7-12,15,19-20,26,28,33H,1,13-14,16-18H2,2-6H3/t20-,26?,28?,33?/m0/s1. The van der Waals surface area contributed by atoms with Crippen LogP contribution in [0.2, 0.25) is 0 Å². The number of pyridine rings is 2. The lowest BCUT2D eigenvalue weighted by Crippen LogP contribution is -2.54. The second-order valence-corrected chi connectivity index (χ2v) is 13.4. The van der Waals surface area contributed by atoms with E-state index in [-0.39, 0.29) is 58.3 Å². The maximum absolute atomic E-state index is 16.4. The summed E-state index contributed by atoms with van der Waals surface area (Å²) in [6.07, 6.45) is 0.846. The van der Waals surface area contributed by atoms with Gasteiger partial charge in [0.05, 0.1) is 22.3 Å². The summed E-state index contributed by atoms with van der Waals surface area (Å²) in [4.78, 5) is 46.4. The molecular formula is C36H39F2N7O5. The zero-order valence-electron chi connectivity index (χ0n) is 28.6. The van der Waals surface area contributed by atoms with Crippen molar-refractivity contribution in [2.75, 3.05) is 51.8 Å². The van der Waals surface area contributed by atoms with Crippen LogP contribution in [0.5, 0.6) is 5.75 Å². The Labute approximate surface area is 287 Å². The van der Waals surface area contributed by atoms with Crippen LogP contribution in [0, 0.1) is 11.6 Å². The van der Waals surface area contributed by atoms with Gasteiger partial charge in [0.2, 0.25) is 5.91 Å². The Hall–Kier alpha value is -4.79. The highest BCUT2D eigenvalue weighted by Crippen LogP contribution is 2.42. The molecule has 2 bridgehead atoms. The van der Waals surface area contributed by atoms with Crippen LogP contribution in [0.3, 0.4) is 0 Å². The molecule has 1 aromatic carbocycles. The van der Waals surface area contributed by atoms with Gasteiger partial charge >= 0.3 is 5.69 Å². The van der Waals surface area contributed by atoms with Gasteiger partial charge in [-0.1, -0.05) is 26.5 Å². The number of nitrogens with zero attached hydrogens (tertiary/aromatic N) is 7. The van der Waals surface area contributed by atoms with Crippen molar-refractivity contribution in [3.63, 3.8) is 0 Å². The maximum atomic E-state index is 16.4. The first-order chi connectivity index (χ1) is 24.0. The number of aromatic nitrogens is 4. The Balaban J connectivity index is 1.54. The SMILES string of the molecule is C=CC(=O)N1CCN(c2nc(=O)n3c4nc(c(F)cc24)-c2c(F)cccc2OCC2OC(CN(C)C)OC2c2ccnc(C(C)C)c2-3)[C@@H](C)C1. The van der Waals surface area contributed by atoms with Gasteiger partial charge in [-0.2, -0.15) is 4.98 Å². The number of fused-ring (bicyclic) bond motifs is 7. The minimum atomic E-state index is -0.828. The molecule has 0 spiro atoms. The van der Waals surface area contributed by atoms with Crippen molar-refractivity contribution >= 4 is 22.8 Å². The Kier molecular flexibility index (Phi) is 8.87. The molecule has 50 heavy (non-hydrogen) atoms. The lowest BCUT2D eigenvalue weighted by Gasteiger charge is -2.40. The molecule has 4 aromatic rings. The van der Waals surface area contributed by atoms with E-state index < -0.39 is 35.8 Å². The summed E-state index contributed by atoms with van der Waals surface area (Å²) >= 11 is 0. The Morgan fingerprint density at radius 1 is 1.14 bits per heavy atom. The molecule has 3 unspecified atom stereocenters. The summed E-state index contributed by atoms with van der Waals surface area (Å²) in [5.74, 6) is -1.70. The van der Waals surface area contributed by atoms with E-state index in [1.807, 2.05) is 44.7 Å². The number of anilines is 1. The van der Waals surface area contributed by atoms with Gasteiger partial charge in [-0.3, -0.25) is 9.78 Å². The lowest BCUT2D eigenvalue weighted by molar-refractivity contribution is -0.126. The summed E-state index contributed by atoms with van der Waals surface area (Å²) in [6.45, 7) is 10.8. The molecule has 6 heterocycles. The van der Waals surface area contributed by atoms with Gasteiger partial charge in [0.1, 0.15) is 41.9 Å². The molecule has 0 aliphatic carbocycles. The normalized spacial score (nSPS) is 21.8. The Bertz CT molecular complexity index is 2050. The van der Waals surface area contributed by atoms with E-state index in [9.17, 15) is 9.59 Å². The van der Waals surface area contributed by atoms with Crippen molar-refractivity contribution in [1.29, 1.82) is 0 Å². The third kappa shape index (κ3) is 5.80. The number of piperazine rings is 1. The highest BCUT2D eigenvalue weighted by molar-refractivity contribution is 5.91. The molecule has 12 nitrogen and oxygen atoms in total. The van der Waals surface area contributed by atoms with Crippen molar-refractivity contribution in [1.82, 2.24) is 29.3 Å². The highest BCUT2D eigenvalue weighted by atomic mass is 19.1. The van der Waals surface area contributed by atoms with Crippen LogP contribution in [0.15, 0.2) is 54.0 Å². The summed E-state index contributed by atoms with van der Waals surface area (Å²) in [5, 5.41) is 0.229. The second-order valence-electron chi connectivity index (χ2n) is 13.4. The second kappa shape index (κ2) is 13.2. The minimum absolute atomic E-state index is 0.0550. The molecule has 2 saturated heterocycles. The zero-order valence-corrected chi connectivity index (χ0v) is 28.6. The first-order valence-corrected chi connectivity index (χ1v) is 16.6. The first kappa shape index (κ1) is 33.7. The van der Waals surface area contributed by atoms with E-state index in [1.54, 1.807) is 23.2 Å². The van der Waals surface area contributed by atoms with E-state index in [0.717, 1.165) is 0 Å². The fourth-order valence-corrected chi connectivity index (χ4v) is 7.04. The molecule has 0 saturated carbocycles. The van der Waals surface area contributed by atoms with Crippen LogP contribution < -0.4 is 15.3 Å². The van der Waals surface area contributed by atoms with Crippen LogP contribution in [-0.2, 0) is 14.3 Å². The molecule has 262 valence electrons. The fraction of sp³-hybridized carbons (Fsp3) is 0.417. The van der Waals surface area contributed by atoms with Crippen molar-refractivity contribution in [3.05, 3.63) is 82.6 Å². The van der Waals surface area contributed by atoms with Gasteiger partial charge < -0.3 is 28.9 Å². The fourth-order valence-electron chi connectivity index (χ4n) is 7.04. The molecule has 3 aliphatic rings. The van der Waals surface area contributed by atoms with Crippen LogP contribution >= 0.6 is 0 Å². The van der Waals surface area contributed by atoms with Crippen molar-refractivity contribution in [3.8, 4) is 22.7 Å². The van der Waals surface area contributed by atoms with Gasteiger partial charge in [-0.15, -0.1) is 0 Å². The zero-order chi connectivity index (χ0) is 35.4. The molecular weight excluding hydrogens is 648 g/mol. The monoisotopic (exact) mass is 687 g/mol. The van der Waals surface area contributed by atoms with Crippen molar-refractivity contribution in [2.24, 2.45) is 0 Å². The third-order valence-corrected chi connectivity index (χ3v) is 9.34. The van der Waals surface area contributed by atoms with Gasteiger partial charge in [-0.05, 0) is 57.3 Å². The number of ether oxygens (including phenoxy) is 3. The lowest BCUT2D eigenvalue weighted by atomic mass is 9.97. The van der Waals surface area contributed by atoms with Gasteiger partial charge in [0.25, 0.3) is 0 Å². The van der Waals surface area contributed by atoms with Gasteiger partial charge in [0, 0.05) is 44.0 Å². The molecule has 3 aliphatic heterocycles. The van der Waals surface area contributed by atoms with Crippen molar-refractivity contribution < 1.29 is 27.8 Å². The summed E-state index contributed by atoms with van der Waals surface area (Å²) in [6, 6.07) is 6.94. The summed E-state index contributed by atoms with van der Waals surface area (Å²) < 4.78 is 52.6. The molecule has 0 radical (unpaired) electrons. The average Bonchev–Trinajstić information content (AvgIpc) is 3.47. The summed E-state index contributed by atoms with van der Waals surface area (Å²) in [7, 11) is 3.80. The van der Waals surface area contributed by atoms with E-state index in [2.05, 4.69) is 11.6 Å².